The van der Waals surface area contributed by atoms with Crippen molar-refractivity contribution in [3.8, 4) is 0 Å². The first-order valence-electron chi connectivity index (χ1n) is 6.73. The Bertz CT molecular complexity index is 644. The molecule has 7 heteroatoms. The van der Waals surface area contributed by atoms with Crippen LogP contribution in [0.15, 0.2) is 18.2 Å². The standard InChI is InChI=1S/C14H18ClNO4S/c1-21(18,19)10-5-2-4-9(8-10)20-14(17)11-6-3-7-12(16)13(11)15/h3,6-7,9-10H,2,4-5,8,16H2,1H3. The number of carbonyl (C=O) groups excluding carboxylic acids is 1. The van der Waals surface area contributed by atoms with Crippen molar-refractivity contribution < 1.29 is 17.9 Å². The van der Waals surface area contributed by atoms with E-state index >= 15 is 0 Å². The Labute approximate surface area is 129 Å². The average molecular weight is 332 g/mol. The van der Waals surface area contributed by atoms with Gasteiger partial charge in [0.1, 0.15) is 15.9 Å². The third kappa shape index (κ3) is 3.89. The summed E-state index contributed by atoms with van der Waals surface area (Å²) in [4.78, 5) is 12.1. The van der Waals surface area contributed by atoms with Crippen molar-refractivity contribution >= 4 is 33.1 Å². The van der Waals surface area contributed by atoms with Crippen molar-refractivity contribution in [1.82, 2.24) is 0 Å². The smallest absolute Gasteiger partial charge is 0.340 e. The van der Waals surface area contributed by atoms with Crippen molar-refractivity contribution in [1.29, 1.82) is 0 Å². The molecule has 0 amide bonds. The first-order valence-corrected chi connectivity index (χ1v) is 9.06. The molecule has 1 fully saturated rings. The highest BCUT2D eigenvalue weighted by atomic mass is 35.5. The van der Waals surface area contributed by atoms with E-state index in [1.165, 1.54) is 12.3 Å². The molecule has 0 saturated heterocycles. The molecule has 0 bridgehead atoms. The SMILES string of the molecule is CS(=O)(=O)C1CCCC(OC(=O)c2cccc(N)c2Cl)C1. The van der Waals surface area contributed by atoms with Crippen molar-refractivity contribution in [2.24, 2.45) is 0 Å². The lowest BCUT2D eigenvalue weighted by Gasteiger charge is -2.27. The van der Waals surface area contributed by atoms with Gasteiger partial charge >= 0.3 is 5.97 Å². The number of anilines is 1. The zero-order chi connectivity index (χ0) is 15.6. The number of nitrogen functional groups attached to an aromatic ring is 1. The minimum atomic E-state index is -3.11. The van der Waals surface area contributed by atoms with E-state index in [0.29, 0.717) is 24.9 Å². The van der Waals surface area contributed by atoms with Gasteiger partial charge in [-0.25, -0.2) is 13.2 Å². The number of benzene rings is 1. The first kappa shape index (κ1) is 16.1. The second kappa shape index (κ2) is 6.23. The molecule has 2 unspecified atom stereocenters. The molecule has 0 aromatic heterocycles. The van der Waals surface area contributed by atoms with E-state index in [0.717, 1.165) is 6.42 Å². The maximum Gasteiger partial charge on any atom is 0.340 e. The second-order valence-corrected chi connectivity index (χ2v) is 8.06. The van der Waals surface area contributed by atoms with Gasteiger partial charge in [-0.3, -0.25) is 0 Å². The van der Waals surface area contributed by atoms with E-state index in [2.05, 4.69) is 0 Å². The molecule has 21 heavy (non-hydrogen) atoms. The van der Waals surface area contributed by atoms with Crippen LogP contribution < -0.4 is 5.73 Å². The van der Waals surface area contributed by atoms with Gasteiger partial charge in [0.2, 0.25) is 0 Å². The molecule has 2 rings (SSSR count). The minimum absolute atomic E-state index is 0.165. The molecule has 1 aliphatic rings. The molecule has 0 radical (unpaired) electrons. The highest BCUT2D eigenvalue weighted by molar-refractivity contribution is 7.91. The average Bonchev–Trinajstić information content (AvgIpc) is 2.41. The van der Waals surface area contributed by atoms with Crippen molar-refractivity contribution in [2.75, 3.05) is 12.0 Å². The summed E-state index contributed by atoms with van der Waals surface area (Å²) in [5, 5.41) is -0.279. The second-order valence-electron chi connectivity index (χ2n) is 5.35. The van der Waals surface area contributed by atoms with E-state index in [1.54, 1.807) is 12.1 Å². The molecule has 1 aromatic carbocycles. The van der Waals surface area contributed by atoms with Crippen molar-refractivity contribution in [3.63, 3.8) is 0 Å². The first-order chi connectivity index (χ1) is 9.79. The largest absolute Gasteiger partial charge is 0.459 e. The number of halogens is 1. The van der Waals surface area contributed by atoms with E-state index in [4.69, 9.17) is 22.1 Å². The molecule has 0 aliphatic heterocycles. The van der Waals surface area contributed by atoms with Crippen molar-refractivity contribution in [3.05, 3.63) is 28.8 Å². The van der Waals surface area contributed by atoms with Gasteiger partial charge in [0.25, 0.3) is 0 Å². The number of esters is 1. The van der Waals surface area contributed by atoms with Gasteiger partial charge in [-0.05, 0) is 31.4 Å². The Morgan fingerprint density at radius 2 is 2.10 bits per heavy atom. The fraction of sp³-hybridized carbons (Fsp3) is 0.500. The topological polar surface area (TPSA) is 86.5 Å². The van der Waals surface area contributed by atoms with Crippen LogP contribution in [-0.2, 0) is 14.6 Å². The van der Waals surface area contributed by atoms with E-state index in [1.807, 2.05) is 0 Å². The number of hydrogen-bond acceptors (Lipinski definition) is 5. The molecular weight excluding hydrogens is 314 g/mol. The lowest BCUT2D eigenvalue weighted by molar-refractivity contribution is 0.0215. The highest BCUT2D eigenvalue weighted by Gasteiger charge is 2.31. The molecule has 2 atom stereocenters. The third-order valence-corrected chi connectivity index (χ3v) is 5.77. The van der Waals surface area contributed by atoms with Gasteiger partial charge < -0.3 is 10.5 Å². The number of rotatable bonds is 3. The summed E-state index contributed by atoms with van der Waals surface area (Å²) >= 11 is 5.99. The van der Waals surface area contributed by atoms with Crippen LogP contribution >= 0.6 is 11.6 Å². The Morgan fingerprint density at radius 1 is 1.38 bits per heavy atom. The molecular formula is C14H18ClNO4S. The summed E-state index contributed by atoms with van der Waals surface area (Å²) in [5.41, 5.74) is 6.17. The summed E-state index contributed by atoms with van der Waals surface area (Å²) in [7, 11) is -3.11. The minimum Gasteiger partial charge on any atom is -0.459 e. The molecule has 0 heterocycles. The lowest BCUT2D eigenvalue weighted by atomic mass is 9.97. The molecule has 1 aliphatic carbocycles. The number of ether oxygens (including phenoxy) is 1. The lowest BCUT2D eigenvalue weighted by Crippen LogP contribution is -2.32. The van der Waals surface area contributed by atoms with Crippen LogP contribution in [0.2, 0.25) is 5.02 Å². The van der Waals surface area contributed by atoms with Gasteiger partial charge in [-0.1, -0.05) is 17.7 Å². The molecule has 0 spiro atoms. The van der Waals surface area contributed by atoms with E-state index < -0.39 is 27.2 Å². The number of sulfone groups is 1. The maximum absolute atomic E-state index is 12.1. The van der Waals surface area contributed by atoms with Crippen LogP contribution in [0.3, 0.4) is 0 Å². The summed E-state index contributed by atoms with van der Waals surface area (Å²) in [6.45, 7) is 0. The van der Waals surface area contributed by atoms with Crippen LogP contribution in [0.4, 0.5) is 5.69 Å². The fourth-order valence-electron chi connectivity index (χ4n) is 2.52. The normalized spacial score (nSPS) is 22.8. The maximum atomic E-state index is 12.1. The van der Waals surface area contributed by atoms with E-state index in [9.17, 15) is 13.2 Å². The predicted molar refractivity (Wildman–Crippen MR) is 82.2 cm³/mol. The van der Waals surface area contributed by atoms with Crippen LogP contribution in [0.25, 0.3) is 0 Å². The highest BCUT2D eigenvalue weighted by Crippen LogP contribution is 2.28. The molecule has 2 N–H and O–H groups in total. The van der Waals surface area contributed by atoms with Gasteiger partial charge in [0.15, 0.2) is 0 Å². The fourth-order valence-corrected chi connectivity index (χ4v) is 3.88. The summed E-state index contributed by atoms with van der Waals surface area (Å²) in [5.74, 6) is -0.563. The zero-order valence-corrected chi connectivity index (χ0v) is 13.3. The van der Waals surface area contributed by atoms with Crippen LogP contribution in [-0.4, -0.2) is 32.0 Å². The number of nitrogens with two attached hydrogens (primary N) is 1. The summed E-state index contributed by atoms with van der Waals surface area (Å²) < 4.78 is 28.6. The third-order valence-electron chi connectivity index (χ3n) is 3.71. The summed E-state index contributed by atoms with van der Waals surface area (Å²) in [6, 6.07) is 4.76. The molecule has 116 valence electrons. The van der Waals surface area contributed by atoms with Crippen molar-refractivity contribution in [2.45, 2.75) is 37.0 Å². The Morgan fingerprint density at radius 3 is 2.76 bits per heavy atom. The Hall–Kier alpha value is -1.27. The number of hydrogen-bond donors (Lipinski definition) is 1. The summed E-state index contributed by atoms with van der Waals surface area (Å²) in [6.07, 6.45) is 3.16. The zero-order valence-electron chi connectivity index (χ0n) is 11.7. The van der Waals surface area contributed by atoms with Gasteiger partial charge in [0.05, 0.1) is 21.5 Å². The monoisotopic (exact) mass is 331 g/mol. The quantitative estimate of drug-likeness (QED) is 0.679. The van der Waals surface area contributed by atoms with Crippen LogP contribution in [0.5, 0.6) is 0 Å². The predicted octanol–water partition coefficient (Wildman–Crippen LogP) is 2.43. The van der Waals surface area contributed by atoms with Gasteiger partial charge in [-0.15, -0.1) is 0 Å². The van der Waals surface area contributed by atoms with Gasteiger partial charge in [-0.2, -0.15) is 0 Å². The molecule has 1 saturated carbocycles. The van der Waals surface area contributed by atoms with E-state index in [-0.39, 0.29) is 10.6 Å². The Balaban J connectivity index is 2.08. The van der Waals surface area contributed by atoms with Crippen LogP contribution in [0.1, 0.15) is 36.0 Å². The van der Waals surface area contributed by atoms with Gasteiger partial charge in [0, 0.05) is 12.7 Å². The molecule has 1 aromatic rings. The molecule has 5 nitrogen and oxygen atoms in total. The Kier molecular flexibility index (Phi) is 4.78. The van der Waals surface area contributed by atoms with Crippen LogP contribution in [0, 0.1) is 0 Å². The number of carbonyl (C=O) groups is 1.